The van der Waals surface area contributed by atoms with E-state index >= 15 is 0 Å². The van der Waals surface area contributed by atoms with Crippen LogP contribution in [-0.4, -0.2) is 15.8 Å². The maximum atomic E-state index is 4.19. The Morgan fingerprint density at radius 3 is 3.00 bits per heavy atom. The van der Waals surface area contributed by atoms with Gasteiger partial charge in [0.25, 0.3) is 0 Å². The molecular weight excluding hydrogens is 183 g/mol. The number of rotatable bonds is 2. The second-order valence-electron chi connectivity index (χ2n) is 2.48. The van der Waals surface area contributed by atoms with Crippen LogP contribution in [0.1, 0.15) is 18.3 Å². The summed E-state index contributed by atoms with van der Waals surface area (Å²) in [5.41, 5.74) is 1.84. The van der Waals surface area contributed by atoms with Gasteiger partial charge in [-0.25, -0.2) is 9.98 Å². The average Bonchev–Trinajstić information content (AvgIpc) is 2.54. The highest BCUT2D eigenvalue weighted by atomic mass is 31.0. The molecular formula is C8H13N4P. The molecule has 0 fully saturated rings. The minimum Gasteiger partial charge on any atom is -0.353 e. The number of nitrogens with zero attached hydrogens (tertiary/aromatic N) is 2. The summed E-state index contributed by atoms with van der Waals surface area (Å²) in [4.78, 5) is 11.3. The summed E-state index contributed by atoms with van der Waals surface area (Å²) in [6.07, 6.45) is 5.24. The maximum Gasteiger partial charge on any atom is 0.156 e. The van der Waals surface area contributed by atoms with E-state index in [2.05, 4.69) is 29.4 Å². The molecule has 0 spiro atoms. The highest BCUT2D eigenvalue weighted by Gasteiger charge is 2.06. The van der Waals surface area contributed by atoms with Crippen molar-refractivity contribution in [3.8, 4) is 0 Å². The fourth-order valence-electron chi connectivity index (χ4n) is 0.913. The van der Waals surface area contributed by atoms with Crippen molar-refractivity contribution in [2.45, 2.75) is 13.8 Å². The van der Waals surface area contributed by atoms with Crippen LogP contribution in [0.15, 0.2) is 23.6 Å². The molecule has 1 aromatic rings. The first-order valence-corrected chi connectivity index (χ1v) is 4.53. The molecule has 0 aromatic carbocycles. The molecule has 0 saturated carbocycles. The lowest BCUT2D eigenvalue weighted by Crippen LogP contribution is -2.15. The van der Waals surface area contributed by atoms with E-state index in [9.17, 15) is 0 Å². The Bertz CT molecular complexity index is 327. The van der Waals surface area contributed by atoms with Gasteiger partial charge < -0.3 is 10.1 Å². The van der Waals surface area contributed by atoms with E-state index in [4.69, 9.17) is 0 Å². The fourth-order valence-corrected chi connectivity index (χ4v) is 1.12. The number of imidazole rings is 1. The third kappa shape index (κ3) is 2.39. The topological polar surface area (TPSA) is 53.1 Å². The van der Waals surface area contributed by atoms with Crippen molar-refractivity contribution >= 4 is 15.2 Å². The molecule has 2 N–H and O–H groups in total. The number of nitrogens with one attached hydrogen (secondary N) is 2. The van der Waals surface area contributed by atoms with Crippen LogP contribution in [0.2, 0.25) is 0 Å². The lowest BCUT2D eigenvalue weighted by Gasteiger charge is -2.00. The quantitative estimate of drug-likeness (QED) is 0.426. The number of aliphatic imine (C=N–C) groups is 1. The standard InChI is InChI=1S/C8H13N4P/c1-3-4-9-8(12-13)7-6(2)10-5-11-7/h3-5H,13H2,1-2H3,(H,9,12)(H,10,11). The van der Waals surface area contributed by atoms with E-state index in [1.807, 2.05) is 19.9 Å². The number of allylic oxidation sites excluding steroid dienone is 1. The first-order chi connectivity index (χ1) is 6.29. The highest BCUT2D eigenvalue weighted by Crippen LogP contribution is 2.02. The van der Waals surface area contributed by atoms with Crippen molar-refractivity contribution in [2.75, 3.05) is 0 Å². The summed E-state index contributed by atoms with van der Waals surface area (Å²) in [5.74, 6) is 0.738. The molecule has 0 aliphatic heterocycles. The Hall–Kier alpha value is -1.15. The minimum absolute atomic E-state index is 0.738. The largest absolute Gasteiger partial charge is 0.353 e. The minimum atomic E-state index is 0.738. The van der Waals surface area contributed by atoms with E-state index in [0.29, 0.717) is 0 Å². The second kappa shape index (κ2) is 4.77. The first-order valence-electron chi connectivity index (χ1n) is 3.95. The lowest BCUT2D eigenvalue weighted by atomic mass is 10.3. The van der Waals surface area contributed by atoms with Crippen molar-refractivity contribution in [3.63, 3.8) is 0 Å². The summed E-state index contributed by atoms with van der Waals surface area (Å²) in [6.45, 7) is 3.87. The zero-order chi connectivity index (χ0) is 9.68. The molecule has 1 atom stereocenters. The summed E-state index contributed by atoms with van der Waals surface area (Å²) in [5, 5.41) is 2.91. The molecule has 0 bridgehead atoms. The third-order valence-electron chi connectivity index (χ3n) is 1.54. The Labute approximate surface area is 79.8 Å². The predicted octanol–water partition coefficient (Wildman–Crippen LogP) is 1.38. The molecule has 70 valence electrons. The van der Waals surface area contributed by atoms with Crippen LogP contribution in [0.25, 0.3) is 0 Å². The zero-order valence-corrected chi connectivity index (χ0v) is 8.86. The van der Waals surface area contributed by atoms with Crippen LogP contribution in [0.4, 0.5) is 0 Å². The predicted molar refractivity (Wildman–Crippen MR) is 57.5 cm³/mol. The van der Waals surface area contributed by atoms with E-state index < -0.39 is 0 Å². The molecule has 1 rings (SSSR count). The number of amidine groups is 1. The second-order valence-corrected chi connectivity index (χ2v) is 2.77. The molecule has 1 unspecified atom stereocenters. The van der Waals surface area contributed by atoms with Crippen molar-refractivity contribution < 1.29 is 0 Å². The van der Waals surface area contributed by atoms with E-state index in [1.54, 1.807) is 12.5 Å². The number of hydrogen-bond donors (Lipinski definition) is 2. The van der Waals surface area contributed by atoms with Crippen LogP contribution >= 0.6 is 9.39 Å². The van der Waals surface area contributed by atoms with Crippen molar-refractivity contribution in [1.29, 1.82) is 0 Å². The van der Waals surface area contributed by atoms with Gasteiger partial charge in [0.15, 0.2) is 5.84 Å². The van der Waals surface area contributed by atoms with Crippen LogP contribution < -0.4 is 5.09 Å². The van der Waals surface area contributed by atoms with Gasteiger partial charge in [0.05, 0.1) is 6.33 Å². The first kappa shape index (κ1) is 9.93. The number of hydrogen-bond acceptors (Lipinski definition) is 2. The lowest BCUT2D eigenvalue weighted by molar-refractivity contribution is 1.25. The molecule has 1 aromatic heterocycles. The van der Waals surface area contributed by atoms with Gasteiger partial charge in [0.2, 0.25) is 0 Å². The molecule has 13 heavy (non-hydrogen) atoms. The molecule has 0 aliphatic rings. The van der Waals surface area contributed by atoms with Gasteiger partial charge in [-0.3, -0.25) is 0 Å². The zero-order valence-electron chi connectivity index (χ0n) is 7.70. The Morgan fingerprint density at radius 2 is 2.54 bits per heavy atom. The van der Waals surface area contributed by atoms with Gasteiger partial charge in [-0.15, -0.1) is 0 Å². The number of aromatic nitrogens is 2. The summed E-state index contributed by atoms with van der Waals surface area (Å²) < 4.78 is 0. The van der Waals surface area contributed by atoms with E-state index in [1.165, 1.54) is 0 Å². The Morgan fingerprint density at radius 1 is 1.77 bits per heavy atom. The smallest absolute Gasteiger partial charge is 0.156 e. The maximum absolute atomic E-state index is 4.19. The average molecular weight is 196 g/mol. The van der Waals surface area contributed by atoms with E-state index in [-0.39, 0.29) is 0 Å². The van der Waals surface area contributed by atoms with Gasteiger partial charge in [-0.2, -0.15) is 0 Å². The van der Waals surface area contributed by atoms with Crippen molar-refractivity contribution in [2.24, 2.45) is 4.99 Å². The van der Waals surface area contributed by atoms with Crippen LogP contribution in [0.5, 0.6) is 0 Å². The van der Waals surface area contributed by atoms with Gasteiger partial charge >= 0.3 is 0 Å². The SMILES string of the molecule is CC=C/N=C(/NP)c1nc[nH]c1C. The summed E-state index contributed by atoms with van der Waals surface area (Å²) in [7, 11) is 2.41. The van der Waals surface area contributed by atoms with Gasteiger partial charge in [0, 0.05) is 11.9 Å². The molecule has 1 heterocycles. The summed E-state index contributed by atoms with van der Waals surface area (Å²) >= 11 is 0. The van der Waals surface area contributed by atoms with Crippen molar-refractivity contribution in [1.82, 2.24) is 15.1 Å². The normalized spacial score (nSPS) is 12.4. The molecule has 4 nitrogen and oxygen atoms in total. The number of aryl methyl sites for hydroxylation is 1. The number of aromatic amines is 1. The van der Waals surface area contributed by atoms with Gasteiger partial charge in [0.1, 0.15) is 5.69 Å². The van der Waals surface area contributed by atoms with Gasteiger partial charge in [-0.05, 0) is 23.2 Å². The monoisotopic (exact) mass is 196 g/mol. The highest BCUT2D eigenvalue weighted by molar-refractivity contribution is 7.15. The van der Waals surface area contributed by atoms with Gasteiger partial charge in [-0.1, -0.05) is 6.08 Å². The molecule has 0 amide bonds. The summed E-state index contributed by atoms with van der Waals surface area (Å²) in [6, 6.07) is 0. The molecule has 0 radical (unpaired) electrons. The fraction of sp³-hybridized carbons (Fsp3) is 0.250. The van der Waals surface area contributed by atoms with Crippen LogP contribution in [0.3, 0.4) is 0 Å². The van der Waals surface area contributed by atoms with Crippen LogP contribution in [0, 0.1) is 6.92 Å². The van der Waals surface area contributed by atoms with Crippen molar-refractivity contribution in [3.05, 3.63) is 30.0 Å². The third-order valence-corrected chi connectivity index (χ3v) is 1.82. The molecule has 0 aliphatic carbocycles. The van der Waals surface area contributed by atoms with Crippen LogP contribution in [-0.2, 0) is 0 Å². The van der Waals surface area contributed by atoms with E-state index in [0.717, 1.165) is 17.2 Å². The number of H-pyrrole nitrogens is 1. The Balaban J connectivity index is 2.97. The molecule has 5 heteroatoms. The molecule has 0 saturated heterocycles. The Kier molecular flexibility index (Phi) is 3.65.